The number of nitrogens with two attached hydrogens (primary N) is 1. The predicted molar refractivity (Wildman–Crippen MR) is 131 cm³/mol. The summed E-state index contributed by atoms with van der Waals surface area (Å²) in [6, 6.07) is 10.4. The van der Waals surface area contributed by atoms with Crippen LogP contribution in [0.5, 0.6) is 0 Å². The highest BCUT2D eigenvalue weighted by Gasteiger charge is 2.23. The van der Waals surface area contributed by atoms with Crippen LogP contribution >= 0.6 is 11.3 Å². The highest BCUT2D eigenvalue weighted by atomic mass is 32.1. The zero-order chi connectivity index (χ0) is 22.5. The van der Waals surface area contributed by atoms with Gasteiger partial charge in [-0.05, 0) is 5.56 Å². The van der Waals surface area contributed by atoms with Crippen molar-refractivity contribution in [1.29, 1.82) is 5.41 Å². The molecular formula is C22H31N7O2S. The van der Waals surface area contributed by atoms with E-state index in [1.54, 1.807) is 24.5 Å². The van der Waals surface area contributed by atoms with Crippen LogP contribution < -0.4 is 16.4 Å². The number of hydrogen-bond donors (Lipinski definition) is 4. The number of pyridine rings is 1. The van der Waals surface area contributed by atoms with E-state index < -0.39 is 6.03 Å². The molecule has 3 aromatic rings. The van der Waals surface area contributed by atoms with Crippen molar-refractivity contribution in [2.24, 2.45) is 0 Å². The van der Waals surface area contributed by atoms with Crippen LogP contribution in [0.1, 0.15) is 32.0 Å². The number of hydrogen-bond acceptors (Lipinski definition) is 7. The minimum atomic E-state index is -0.417. The largest absolute Gasteiger partial charge is 0.398 e. The molecule has 0 aliphatic carbocycles. The van der Waals surface area contributed by atoms with E-state index in [2.05, 4.69) is 20.6 Å². The van der Waals surface area contributed by atoms with Gasteiger partial charge in [-0.25, -0.2) is 14.8 Å². The van der Waals surface area contributed by atoms with Crippen LogP contribution in [0.4, 0.5) is 16.3 Å². The molecule has 0 unspecified atom stereocenters. The minimum Gasteiger partial charge on any atom is -0.398 e. The minimum absolute atomic E-state index is 0. The van der Waals surface area contributed by atoms with Crippen molar-refractivity contribution in [2.75, 3.05) is 31.3 Å². The summed E-state index contributed by atoms with van der Waals surface area (Å²) >= 11 is 1.60. The van der Waals surface area contributed by atoms with E-state index in [-0.39, 0.29) is 10.3 Å². The molecule has 2 aromatic heterocycles. The Morgan fingerprint density at radius 2 is 2.19 bits per heavy atom. The van der Waals surface area contributed by atoms with Crippen LogP contribution in [0.3, 0.4) is 0 Å². The number of rotatable bonds is 6. The van der Waals surface area contributed by atoms with Crippen LogP contribution in [-0.2, 0) is 17.7 Å². The summed E-state index contributed by atoms with van der Waals surface area (Å²) in [5, 5.41) is 14.2. The van der Waals surface area contributed by atoms with Crippen molar-refractivity contribution < 1.29 is 13.8 Å². The molecule has 0 bridgehead atoms. The molecule has 5 N–H and O–H groups in total. The molecule has 32 heavy (non-hydrogen) atoms. The van der Waals surface area contributed by atoms with Gasteiger partial charge in [0.2, 0.25) is 0 Å². The number of carbonyl (C=O) groups is 1. The second kappa shape index (κ2) is 9.75. The number of nitrogen functional groups attached to an aromatic ring is 1. The number of amidine groups is 1. The fraction of sp³-hybridized carbons (Fsp3) is 0.273. The quantitative estimate of drug-likeness (QED) is 0.329. The SMILES string of the molecule is COC[C@@H](NC(=O)Nc1cc(N)c(C(=N)N2CCc3ncsc3C2)cn1)c1ccccc1.[HH].[HH].[HH]. The summed E-state index contributed by atoms with van der Waals surface area (Å²) in [4.78, 5) is 24.3. The molecule has 1 aliphatic heterocycles. The maximum absolute atomic E-state index is 12.5. The fourth-order valence-corrected chi connectivity index (χ4v) is 4.43. The van der Waals surface area contributed by atoms with Gasteiger partial charge < -0.3 is 20.7 Å². The van der Waals surface area contributed by atoms with Crippen LogP contribution in [-0.4, -0.2) is 47.0 Å². The van der Waals surface area contributed by atoms with Crippen molar-refractivity contribution in [3.63, 3.8) is 0 Å². The van der Waals surface area contributed by atoms with Gasteiger partial charge in [-0.2, -0.15) is 0 Å². The number of methoxy groups -OCH3 is 1. The number of fused-ring (bicyclic) bond motifs is 1. The van der Waals surface area contributed by atoms with Gasteiger partial charge in [0, 0.05) is 47.2 Å². The standard InChI is InChI=1S/C22H25N7O2S.3H2/c1-31-12-18(14-5-3-2-4-6-14)27-22(30)28-20-9-16(23)15(10-25-20)21(24)29-8-7-17-19(11-29)32-13-26-17;;;/h2-6,9-10,13,18,24H,7-8,11-12H2,1H3,(H4,23,25,27,28,30);3*1H/t18-;;;/m1.../s1. The summed E-state index contributed by atoms with van der Waals surface area (Å²) in [5.74, 6) is 0.624. The van der Waals surface area contributed by atoms with Crippen LogP contribution in [0.15, 0.2) is 48.1 Å². The van der Waals surface area contributed by atoms with E-state index in [0.29, 0.717) is 42.6 Å². The summed E-state index contributed by atoms with van der Waals surface area (Å²) < 4.78 is 5.24. The van der Waals surface area contributed by atoms with Gasteiger partial charge in [-0.1, -0.05) is 30.3 Å². The Labute approximate surface area is 194 Å². The average molecular weight is 458 g/mol. The zero-order valence-electron chi connectivity index (χ0n) is 17.7. The molecule has 1 aromatic carbocycles. The number of benzene rings is 1. The molecule has 9 nitrogen and oxygen atoms in total. The van der Waals surface area contributed by atoms with Gasteiger partial charge in [0.1, 0.15) is 11.7 Å². The van der Waals surface area contributed by atoms with Gasteiger partial charge in [-0.3, -0.25) is 10.7 Å². The van der Waals surface area contributed by atoms with E-state index in [9.17, 15) is 4.79 Å². The Morgan fingerprint density at radius 3 is 2.94 bits per heavy atom. The Balaban J connectivity index is 0.00000204. The number of aromatic nitrogens is 2. The summed E-state index contributed by atoms with van der Waals surface area (Å²) in [7, 11) is 1.59. The second-order valence-corrected chi connectivity index (χ2v) is 8.36. The van der Waals surface area contributed by atoms with Crippen molar-refractivity contribution in [3.8, 4) is 0 Å². The molecule has 2 amide bonds. The van der Waals surface area contributed by atoms with Crippen LogP contribution in [0, 0.1) is 5.41 Å². The van der Waals surface area contributed by atoms with Crippen molar-refractivity contribution in [2.45, 2.75) is 19.0 Å². The van der Waals surface area contributed by atoms with Gasteiger partial charge in [0.25, 0.3) is 0 Å². The zero-order valence-corrected chi connectivity index (χ0v) is 18.5. The molecular weight excluding hydrogens is 426 g/mol. The third kappa shape index (κ3) is 4.87. The summed E-state index contributed by atoms with van der Waals surface area (Å²) in [6.07, 6.45) is 2.33. The van der Waals surface area contributed by atoms with Crippen LogP contribution in [0.2, 0.25) is 0 Å². The second-order valence-electron chi connectivity index (χ2n) is 7.42. The lowest BCUT2D eigenvalue weighted by molar-refractivity contribution is 0.168. The first-order valence-corrected chi connectivity index (χ1v) is 11.0. The van der Waals surface area contributed by atoms with Crippen LogP contribution in [0.25, 0.3) is 0 Å². The lowest BCUT2D eigenvalue weighted by Crippen LogP contribution is -2.36. The lowest BCUT2D eigenvalue weighted by Gasteiger charge is -2.28. The third-order valence-corrected chi connectivity index (χ3v) is 6.13. The van der Waals surface area contributed by atoms with Crippen molar-refractivity contribution in [3.05, 3.63) is 69.8 Å². The normalized spacial score (nSPS) is 13.8. The monoisotopic (exact) mass is 457 g/mol. The number of amides is 2. The molecule has 4 rings (SSSR count). The molecule has 10 heteroatoms. The Morgan fingerprint density at radius 1 is 1.38 bits per heavy atom. The fourth-order valence-electron chi connectivity index (χ4n) is 3.60. The Kier molecular flexibility index (Phi) is 6.62. The molecule has 0 fully saturated rings. The van der Waals surface area contributed by atoms with Gasteiger partial charge in [-0.15, -0.1) is 11.3 Å². The molecule has 0 spiro atoms. The van der Waals surface area contributed by atoms with Crippen molar-refractivity contribution >= 4 is 34.7 Å². The molecule has 1 aliphatic rings. The molecule has 3 heterocycles. The van der Waals surface area contributed by atoms with Gasteiger partial charge in [0.05, 0.1) is 36.0 Å². The molecule has 172 valence electrons. The number of thiazole rings is 1. The van der Waals surface area contributed by atoms with E-state index in [0.717, 1.165) is 17.7 Å². The molecule has 0 saturated heterocycles. The Hall–Kier alpha value is -3.50. The van der Waals surface area contributed by atoms with Crippen molar-refractivity contribution in [1.82, 2.24) is 20.2 Å². The maximum atomic E-state index is 12.5. The lowest BCUT2D eigenvalue weighted by atomic mass is 10.1. The highest BCUT2D eigenvalue weighted by molar-refractivity contribution is 7.09. The first-order valence-electron chi connectivity index (χ1n) is 10.2. The topological polar surface area (TPSA) is 129 Å². The first kappa shape index (κ1) is 21.7. The van der Waals surface area contributed by atoms with E-state index in [1.807, 2.05) is 40.7 Å². The molecule has 1 atom stereocenters. The average Bonchev–Trinajstić information content (AvgIpc) is 3.27. The molecule has 0 radical (unpaired) electrons. The Bertz CT molecular complexity index is 1120. The van der Waals surface area contributed by atoms with Gasteiger partial charge in [0.15, 0.2) is 0 Å². The smallest absolute Gasteiger partial charge is 0.320 e. The highest BCUT2D eigenvalue weighted by Crippen LogP contribution is 2.25. The number of anilines is 2. The van der Waals surface area contributed by atoms with Gasteiger partial charge >= 0.3 is 6.03 Å². The predicted octanol–water partition coefficient (Wildman–Crippen LogP) is 3.75. The third-order valence-electron chi connectivity index (χ3n) is 5.27. The summed E-state index contributed by atoms with van der Waals surface area (Å²) in [5.41, 5.74) is 11.0. The summed E-state index contributed by atoms with van der Waals surface area (Å²) in [6.45, 7) is 1.68. The maximum Gasteiger partial charge on any atom is 0.320 e. The molecule has 0 saturated carbocycles. The number of ether oxygens (including phenoxy) is 1. The number of carbonyl (C=O) groups excluding carboxylic acids is 1. The van der Waals surface area contributed by atoms with E-state index in [1.165, 1.54) is 11.1 Å². The number of nitrogens with one attached hydrogen (secondary N) is 3. The number of nitrogens with zero attached hydrogens (tertiary/aromatic N) is 3. The number of urea groups is 1. The first-order chi connectivity index (χ1) is 15.5. The van der Waals surface area contributed by atoms with E-state index >= 15 is 0 Å². The van der Waals surface area contributed by atoms with E-state index in [4.69, 9.17) is 15.9 Å².